The molecule has 0 saturated heterocycles. The molecule has 2 aliphatic rings. The van der Waals surface area contributed by atoms with E-state index in [-0.39, 0.29) is 0 Å². The number of nitrogens with zero attached hydrogens (tertiary/aromatic N) is 1. The van der Waals surface area contributed by atoms with Gasteiger partial charge in [-0.25, -0.2) is 4.98 Å². The van der Waals surface area contributed by atoms with E-state index >= 15 is 0 Å². The molecule has 3 rings (SSSR count). The monoisotopic (exact) mass is 250 g/mol. The van der Waals surface area contributed by atoms with Crippen LogP contribution in [0.4, 0.5) is 0 Å². The minimum Gasteiger partial charge on any atom is -0.313 e. The number of hydrogen-bond donors (Lipinski definition) is 1. The summed E-state index contributed by atoms with van der Waals surface area (Å²) in [6, 6.07) is 0.838. The Morgan fingerprint density at radius 1 is 1.41 bits per heavy atom. The van der Waals surface area contributed by atoms with E-state index in [0.717, 1.165) is 6.04 Å². The predicted molar refractivity (Wildman–Crippen MR) is 72.5 cm³/mol. The first-order valence-electron chi connectivity index (χ1n) is 6.90. The molecule has 0 aromatic carbocycles. The fourth-order valence-corrected chi connectivity index (χ4v) is 3.94. The van der Waals surface area contributed by atoms with E-state index in [4.69, 9.17) is 0 Å². The molecule has 1 aromatic heterocycles. The summed E-state index contributed by atoms with van der Waals surface area (Å²) in [7, 11) is 0. The van der Waals surface area contributed by atoms with Gasteiger partial charge in [0.05, 0.1) is 5.01 Å². The molecule has 1 aromatic rings. The normalized spacial score (nSPS) is 23.1. The zero-order chi connectivity index (χ0) is 11.7. The van der Waals surface area contributed by atoms with Crippen LogP contribution in [0.25, 0.3) is 0 Å². The van der Waals surface area contributed by atoms with Crippen molar-refractivity contribution in [3.8, 4) is 0 Å². The first-order chi connectivity index (χ1) is 8.26. The van der Waals surface area contributed by atoms with E-state index in [1.54, 1.807) is 0 Å². The van der Waals surface area contributed by atoms with Crippen LogP contribution in [-0.4, -0.2) is 17.6 Å². The van der Waals surface area contributed by atoms with Crippen molar-refractivity contribution in [3.63, 3.8) is 0 Å². The molecule has 1 heterocycles. The molecule has 0 aliphatic heterocycles. The number of aromatic nitrogens is 1. The van der Waals surface area contributed by atoms with Crippen LogP contribution in [0, 0.1) is 12.3 Å². The smallest absolute Gasteiger partial charge is 0.0934 e. The molecule has 0 radical (unpaired) electrons. The SMILES string of the molecule is Cc1csc(CC2(CNC3CC3)CCCC2)n1. The van der Waals surface area contributed by atoms with E-state index in [1.807, 2.05) is 11.3 Å². The zero-order valence-electron chi connectivity index (χ0n) is 10.7. The van der Waals surface area contributed by atoms with Gasteiger partial charge in [0.25, 0.3) is 0 Å². The lowest BCUT2D eigenvalue weighted by molar-refractivity contribution is 0.276. The van der Waals surface area contributed by atoms with E-state index in [2.05, 4.69) is 22.6 Å². The lowest BCUT2D eigenvalue weighted by Gasteiger charge is -2.28. The molecule has 0 amide bonds. The van der Waals surface area contributed by atoms with Crippen molar-refractivity contribution in [2.45, 2.75) is 57.9 Å². The summed E-state index contributed by atoms with van der Waals surface area (Å²) in [5.41, 5.74) is 1.71. The Balaban J connectivity index is 1.65. The van der Waals surface area contributed by atoms with Gasteiger partial charge in [0.2, 0.25) is 0 Å². The molecule has 0 spiro atoms. The van der Waals surface area contributed by atoms with Crippen molar-refractivity contribution in [3.05, 3.63) is 16.1 Å². The summed E-state index contributed by atoms with van der Waals surface area (Å²) < 4.78 is 0. The van der Waals surface area contributed by atoms with E-state index < -0.39 is 0 Å². The van der Waals surface area contributed by atoms with Crippen molar-refractivity contribution in [1.82, 2.24) is 10.3 Å². The Morgan fingerprint density at radius 2 is 2.18 bits per heavy atom. The lowest BCUT2D eigenvalue weighted by atomic mass is 9.83. The van der Waals surface area contributed by atoms with Gasteiger partial charge in [-0.05, 0) is 38.0 Å². The minimum atomic E-state index is 0.521. The van der Waals surface area contributed by atoms with Gasteiger partial charge in [-0.3, -0.25) is 0 Å². The van der Waals surface area contributed by atoms with Gasteiger partial charge >= 0.3 is 0 Å². The Hall–Kier alpha value is -0.410. The highest BCUT2D eigenvalue weighted by atomic mass is 32.1. The van der Waals surface area contributed by atoms with E-state index in [1.165, 1.54) is 62.2 Å². The largest absolute Gasteiger partial charge is 0.313 e. The third-order valence-corrected chi connectivity index (χ3v) is 5.17. The number of thiazole rings is 1. The Morgan fingerprint density at radius 3 is 2.76 bits per heavy atom. The summed E-state index contributed by atoms with van der Waals surface area (Å²) in [5.74, 6) is 0. The first-order valence-corrected chi connectivity index (χ1v) is 7.78. The Bertz CT molecular complexity index is 375. The van der Waals surface area contributed by atoms with Crippen LogP contribution < -0.4 is 5.32 Å². The number of aryl methyl sites for hydroxylation is 1. The molecule has 17 heavy (non-hydrogen) atoms. The topological polar surface area (TPSA) is 24.9 Å². The van der Waals surface area contributed by atoms with Gasteiger partial charge in [0.1, 0.15) is 0 Å². The molecule has 0 atom stereocenters. The molecular formula is C14H22N2S. The fraction of sp³-hybridized carbons (Fsp3) is 0.786. The number of hydrogen-bond acceptors (Lipinski definition) is 3. The van der Waals surface area contributed by atoms with E-state index in [9.17, 15) is 0 Å². The number of nitrogens with one attached hydrogen (secondary N) is 1. The molecule has 0 bridgehead atoms. The van der Waals surface area contributed by atoms with Crippen LogP contribution in [0.2, 0.25) is 0 Å². The van der Waals surface area contributed by atoms with Crippen molar-refractivity contribution < 1.29 is 0 Å². The van der Waals surface area contributed by atoms with Crippen LogP contribution in [-0.2, 0) is 6.42 Å². The summed E-state index contributed by atoms with van der Waals surface area (Å²) in [5, 5.41) is 7.28. The van der Waals surface area contributed by atoms with Gasteiger partial charge in [0.15, 0.2) is 0 Å². The van der Waals surface area contributed by atoms with Gasteiger partial charge in [-0.2, -0.15) is 0 Å². The second kappa shape index (κ2) is 4.69. The second-order valence-corrected chi connectivity index (χ2v) is 6.86. The maximum atomic E-state index is 4.65. The summed E-state index contributed by atoms with van der Waals surface area (Å²) in [6.45, 7) is 3.32. The Labute approximate surface area is 108 Å². The minimum absolute atomic E-state index is 0.521. The van der Waals surface area contributed by atoms with Crippen LogP contribution in [0.1, 0.15) is 49.2 Å². The van der Waals surface area contributed by atoms with Crippen molar-refractivity contribution >= 4 is 11.3 Å². The second-order valence-electron chi connectivity index (χ2n) is 5.92. The molecule has 2 saturated carbocycles. The number of rotatable bonds is 5. The molecule has 2 aliphatic carbocycles. The summed E-state index contributed by atoms with van der Waals surface area (Å²) in [6.07, 6.45) is 9.61. The average molecular weight is 250 g/mol. The van der Waals surface area contributed by atoms with Gasteiger partial charge in [0, 0.05) is 30.1 Å². The van der Waals surface area contributed by atoms with Crippen LogP contribution in [0.15, 0.2) is 5.38 Å². The predicted octanol–water partition coefficient (Wildman–Crippen LogP) is 3.31. The molecule has 2 nitrogen and oxygen atoms in total. The quantitative estimate of drug-likeness (QED) is 0.867. The standard InChI is InChI=1S/C14H22N2S/c1-11-9-17-13(16-11)8-14(6-2-3-7-14)10-15-12-4-5-12/h9,12,15H,2-8,10H2,1H3. The highest BCUT2D eigenvalue weighted by Crippen LogP contribution is 2.41. The molecule has 0 unspecified atom stereocenters. The lowest BCUT2D eigenvalue weighted by Crippen LogP contribution is -2.35. The summed E-state index contributed by atoms with van der Waals surface area (Å²) >= 11 is 1.85. The first kappa shape index (κ1) is 11.7. The summed E-state index contributed by atoms with van der Waals surface area (Å²) in [4.78, 5) is 4.65. The van der Waals surface area contributed by atoms with Gasteiger partial charge in [-0.15, -0.1) is 11.3 Å². The maximum Gasteiger partial charge on any atom is 0.0934 e. The van der Waals surface area contributed by atoms with Crippen LogP contribution >= 0.6 is 11.3 Å². The van der Waals surface area contributed by atoms with Crippen LogP contribution in [0.5, 0.6) is 0 Å². The van der Waals surface area contributed by atoms with Gasteiger partial charge < -0.3 is 5.32 Å². The highest BCUT2D eigenvalue weighted by Gasteiger charge is 2.36. The maximum absolute atomic E-state index is 4.65. The third kappa shape index (κ3) is 2.89. The molecule has 3 heteroatoms. The average Bonchev–Trinajstić information content (AvgIpc) is 2.90. The fourth-order valence-electron chi connectivity index (χ4n) is 2.99. The van der Waals surface area contributed by atoms with E-state index in [0.29, 0.717) is 5.41 Å². The van der Waals surface area contributed by atoms with Gasteiger partial charge in [-0.1, -0.05) is 12.8 Å². The molecule has 2 fully saturated rings. The molecular weight excluding hydrogens is 228 g/mol. The molecule has 94 valence electrons. The highest BCUT2D eigenvalue weighted by molar-refractivity contribution is 7.09. The zero-order valence-corrected chi connectivity index (χ0v) is 11.5. The van der Waals surface area contributed by atoms with Crippen molar-refractivity contribution in [1.29, 1.82) is 0 Å². The van der Waals surface area contributed by atoms with Crippen LogP contribution in [0.3, 0.4) is 0 Å². The third-order valence-electron chi connectivity index (χ3n) is 4.20. The van der Waals surface area contributed by atoms with Crippen molar-refractivity contribution in [2.24, 2.45) is 5.41 Å². The Kier molecular flexibility index (Phi) is 3.22. The van der Waals surface area contributed by atoms with Crippen molar-refractivity contribution in [2.75, 3.05) is 6.54 Å². The molecule has 1 N–H and O–H groups in total.